The Morgan fingerprint density at radius 1 is 1.13 bits per heavy atom. The number of carbonyl (C=O) groups excluding carboxylic acids is 2. The number of amides is 3. The summed E-state index contributed by atoms with van der Waals surface area (Å²) < 4.78 is 0. The minimum absolute atomic E-state index is 0.111. The average molecular weight is 310 g/mol. The van der Waals surface area contributed by atoms with Gasteiger partial charge in [-0.15, -0.1) is 0 Å². The molecule has 0 spiro atoms. The molecule has 1 N–H and O–H groups in total. The Bertz CT molecular complexity index is 772. The van der Waals surface area contributed by atoms with E-state index in [1.54, 1.807) is 19.3 Å². The van der Waals surface area contributed by atoms with Gasteiger partial charge in [-0.25, -0.2) is 4.79 Å². The highest BCUT2D eigenvalue weighted by atomic mass is 16.2. The first-order chi connectivity index (χ1) is 10.9. The monoisotopic (exact) mass is 310 g/mol. The van der Waals surface area contributed by atoms with Crippen molar-refractivity contribution in [2.45, 2.75) is 32.9 Å². The van der Waals surface area contributed by atoms with Crippen molar-refractivity contribution in [2.24, 2.45) is 0 Å². The highest BCUT2D eigenvalue weighted by Gasteiger charge is 2.49. The van der Waals surface area contributed by atoms with E-state index in [1.807, 2.05) is 38.1 Å². The molecular formula is C17H18N4O2. The van der Waals surface area contributed by atoms with Gasteiger partial charge in [-0.3, -0.25) is 19.7 Å². The van der Waals surface area contributed by atoms with Crippen LogP contribution in [0.5, 0.6) is 0 Å². The zero-order chi connectivity index (χ0) is 16.6. The maximum Gasteiger partial charge on any atom is 0.325 e. The molecule has 3 amide bonds. The predicted octanol–water partition coefficient (Wildman–Crippen LogP) is 2.06. The third kappa shape index (κ3) is 2.56. The lowest BCUT2D eigenvalue weighted by atomic mass is 9.88. The van der Waals surface area contributed by atoms with Crippen molar-refractivity contribution in [1.82, 2.24) is 20.2 Å². The van der Waals surface area contributed by atoms with E-state index >= 15 is 0 Å². The molecule has 0 saturated carbocycles. The van der Waals surface area contributed by atoms with E-state index in [0.29, 0.717) is 5.69 Å². The summed E-state index contributed by atoms with van der Waals surface area (Å²) in [6.07, 6.45) is 3.20. The van der Waals surface area contributed by atoms with Crippen molar-refractivity contribution in [1.29, 1.82) is 0 Å². The first-order valence-corrected chi connectivity index (χ1v) is 7.39. The van der Waals surface area contributed by atoms with Crippen molar-refractivity contribution < 1.29 is 9.59 Å². The van der Waals surface area contributed by atoms with E-state index < -0.39 is 11.6 Å². The van der Waals surface area contributed by atoms with Crippen LogP contribution in [0.1, 0.15) is 29.4 Å². The second kappa shape index (κ2) is 5.46. The molecule has 2 heterocycles. The molecule has 1 aliphatic rings. The number of hydrogen-bond donors (Lipinski definition) is 1. The summed E-state index contributed by atoms with van der Waals surface area (Å²) in [5.41, 5.74) is 2.07. The first kappa shape index (κ1) is 15.1. The molecule has 1 aromatic heterocycles. The van der Waals surface area contributed by atoms with Gasteiger partial charge in [-0.1, -0.05) is 24.3 Å². The normalized spacial score (nSPS) is 20.7. The lowest BCUT2D eigenvalue weighted by molar-refractivity contribution is -0.131. The quantitative estimate of drug-likeness (QED) is 0.881. The Hall–Kier alpha value is -2.76. The fraction of sp³-hybridized carbons (Fsp3) is 0.294. The van der Waals surface area contributed by atoms with E-state index in [-0.39, 0.29) is 12.5 Å². The van der Waals surface area contributed by atoms with Crippen LogP contribution in [-0.2, 0) is 16.9 Å². The number of imide groups is 1. The number of benzene rings is 1. The third-order valence-corrected chi connectivity index (χ3v) is 4.11. The van der Waals surface area contributed by atoms with Crippen LogP contribution in [0.25, 0.3) is 0 Å². The molecule has 1 atom stereocenters. The van der Waals surface area contributed by atoms with E-state index in [2.05, 4.69) is 15.3 Å². The third-order valence-electron chi connectivity index (χ3n) is 4.11. The molecule has 1 fully saturated rings. The number of aromatic nitrogens is 2. The Balaban J connectivity index is 1.91. The Labute approximate surface area is 134 Å². The van der Waals surface area contributed by atoms with Gasteiger partial charge in [-0.05, 0) is 31.9 Å². The Kier molecular flexibility index (Phi) is 3.60. The van der Waals surface area contributed by atoms with Crippen LogP contribution in [0, 0.1) is 13.8 Å². The number of carbonyl (C=O) groups is 2. The summed E-state index contributed by atoms with van der Waals surface area (Å²) in [7, 11) is 0. The number of aryl methyl sites for hydroxylation is 2. The van der Waals surface area contributed by atoms with Crippen LogP contribution in [-0.4, -0.2) is 26.8 Å². The maximum absolute atomic E-state index is 12.9. The van der Waals surface area contributed by atoms with Gasteiger partial charge in [0.1, 0.15) is 5.54 Å². The molecule has 0 bridgehead atoms. The molecule has 1 aliphatic heterocycles. The Morgan fingerprint density at radius 2 is 1.87 bits per heavy atom. The van der Waals surface area contributed by atoms with Crippen molar-refractivity contribution in [3.63, 3.8) is 0 Å². The summed E-state index contributed by atoms with van der Waals surface area (Å²) in [5, 5.41) is 2.81. The molecule has 2 aromatic rings. The topological polar surface area (TPSA) is 75.2 Å². The average Bonchev–Trinajstić information content (AvgIpc) is 2.74. The molecule has 0 radical (unpaired) electrons. The van der Waals surface area contributed by atoms with Crippen LogP contribution in [0.3, 0.4) is 0 Å². The van der Waals surface area contributed by atoms with Gasteiger partial charge in [0.25, 0.3) is 5.91 Å². The highest BCUT2D eigenvalue weighted by Crippen LogP contribution is 2.31. The lowest BCUT2D eigenvalue weighted by Gasteiger charge is -2.24. The predicted molar refractivity (Wildman–Crippen MR) is 84.4 cm³/mol. The van der Waals surface area contributed by atoms with Gasteiger partial charge in [0.05, 0.1) is 24.1 Å². The van der Waals surface area contributed by atoms with Gasteiger partial charge in [0.2, 0.25) is 0 Å². The zero-order valence-electron chi connectivity index (χ0n) is 13.3. The van der Waals surface area contributed by atoms with Crippen molar-refractivity contribution in [3.8, 4) is 0 Å². The molecule has 1 aromatic carbocycles. The largest absolute Gasteiger partial charge is 0.325 e. The van der Waals surface area contributed by atoms with Gasteiger partial charge >= 0.3 is 6.03 Å². The number of urea groups is 1. The van der Waals surface area contributed by atoms with Gasteiger partial charge in [-0.2, -0.15) is 0 Å². The maximum atomic E-state index is 12.9. The fourth-order valence-corrected chi connectivity index (χ4v) is 2.82. The van der Waals surface area contributed by atoms with Crippen LogP contribution < -0.4 is 5.32 Å². The smallest absolute Gasteiger partial charge is 0.319 e. The van der Waals surface area contributed by atoms with Crippen molar-refractivity contribution in [2.75, 3.05) is 0 Å². The first-order valence-electron chi connectivity index (χ1n) is 7.39. The minimum Gasteiger partial charge on any atom is -0.319 e. The lowest BCUT2D eigenvalue weighted by Crippen LogP contribution is -2.41. The van der Waals surface area contributed by atoms with E-state index in [4.69, 9.17) is 0 Å². The number of rotatable bonds is 3. The summed E-state index contributed by atoms with van der Waals surface area (Å²) in [6.45, 7) is 5.60. The van der Waals surface area contributed by atoms with Crippen LogP contribution in [0.15, 0.2) is 36.7 Å². The van der Waals surface area contributed by atoms with E-state index in [1.165, 1.54) is 4.90 Å². The second-order valence-corrected chi connectivity index (χ2v) is 5.91. The van der Waals surface area contributed by atoms with Crippen LogP contribution >= 0.6 is 0 Å². The van der Waals surface area contributed by atoms with Gasteiger partial charge < -0.3 is 5.32 Å². The molecule has 6 nitrogen and oxygen atoms in total. The molecule has 118 valence electrons. The molecule has 1 saturated heterocycles. The number of nitrogens with zero attached hydrogens (tertiary/aromatic N) is 3. The highest BCUT2D eigenvalue weighted by molar-refractivity contribution is 6.07. The molecule has 1 unspecified atom stereocenters. The van der Waals surface area contributed by atoms with Crippen molar-refractivity contribution in [3.05, 3.63) is 59.2 Å². The van der Waals surface area contributed by atoms with E-state index in [0.717, 1.165) is 16.8 Å². The zero-order valence-corrected chi connectivity index (χ0v) is 13.3. The minimum atomic E-state index is -1.06. The SMILES string of the molecule is Cc1cnc(CN2C(=O)NC(C)(c3ccccc3C)C2=O)cn1. The van der Waals surface area contributed by atoms with Gasteiger partial charge in [0, 0.05) is 6.20 Å². The summed E-state index contributed by atoms with van der Waals surface area (Å²) in [5.74, 6) is -0.279. The number of hydrogen-bond acceptors (Lipinski definition) is 4. The summed E-state index contributed by atoms with van der Waals surface area (Å²) >= 11 is 0. The van der Waals surface area contributed by atoms with Crippen LogP contribution in [0.4, 0.5) is 4.79 Å². The number of nitrogens with one attached hydrogen (secondary N) is 1. The summed E-state index contributed by atoms with van der Waals surface area (Å²) in [6, 6.07) is 7.14. The van der Waals surface area contributed by atoms with Crippen molar-refractivity contribution >= 4 is 11.9 Å². The fourth-order valence-electron chi connectivity index (χ4n) is 2.82. The molecule has 6 heteroatoms. The Morgan fingerprint density at radius 3 is 2.52 bits per heavy atom. The van der Waals surface area contributed by atoms with E-state index in [9.17, 15) is 9.59 Å². The molecule has 23 heavy (non-hydrogen) atoms. The standard InChI is InChI=1S/C17H18N4O2/c1-11-6-4-5-7-14(11)17(3)15(22)21(16(23)20-17)10-13-9-18-12(2)8-19-13/h4-9H,10H2,1-3H3,(H,20,23). The summed E-state index contributed by atoms with van der Waals surface area (Å²) in [4.78, 5) is 34.7. The second-order valence-electron chi connectivity index (χ2n) is 5.91. The van der Waals surface area contributed by atoms with Gasteiger partial charge in [0.15, 0.2) is 0 Å². The van der Waals surface area contributed by atoms with Crippen LogP contribution in [0.2, 0.25) is 0 Å². The molecular weight excluding hydrogens is 292 g/mol. The molecule has 0 aliphatic carbocycles. The molecule has 3 rings (SSSR count).